The van der Waals surface area contributed by atoms with E-state index in [2.05, 4.69) is 42.0 Å². The van der Waals surface area contributed by atoms with E-state index in [0.717, 1.165) is 19.4 Å². The van der Waals surface area contributed by atoms with Gasteiger partial charge >= 0.3 is 5.97 Å². The second kappa shape index (κ2) is 7.24. The van der Waals surface area contributed by atoms with Gasteiger partial charge in [-0.1, -0.05) is 43.0 Å². The van der Waals surface area contributed by atoms with E-state index in [4.69, 9.17) is 5.11 Å². The monoisotopic (exact) mass is 375 g/mol. The third-order valence-electron chi connectivity index (χ3n) is 5.71. The third kappa shape index (κ3) is 3.45. The molecule has 6 rings (SSSR count). The summed E-state index contributed by atoms with van der Waals surface area (Å²) in [6.45, 7) is 3.23. The molecule has 3 nitrogen and oxygen atoms in total. The van der Waals surface area contributed by atoms with Gasteiger partial charge in [-0.25, -0.2) is 4.39 Å². The standard InChI is InChI=1S/C13H11FO2.C11H11N/c14-12-7-10(4-3-9-1-2-9)5-6-11(12)8-13(15)16;1-2-11-7-12-6-8-3-4-9(11)5-10(8)11/h5-7,9H,1-2,8H2,(H,15,16);3-6H,2,7H2,1H3. The van der Waals surface area contributed by atoms with E-state index < -0.39 is 11.8 Å². The molecule has 0 aromatic heterocycles. The number of halogens is 1. The minimum absolute atomic E-state index is 0.199. The Balaban J connectivity index is 0.000000142. The molecule has 142 valence electrons. The molecule has 4 heteroatoms. The van der Waals surface area contributed by atoms with Crippen molar-refractivity contribution >= 4 is 12.2 Å². The number of fused-ring (bicyclic) bond motifs is 1. The molecule has 1 heterocycles. The maximum absolute atomic E-state index is 13.4. The fourth-order valence-electron chi connectivity index (χ4n) is 3.79. The molecule has 2 aromatic rings. The van der Waals surface area contributed by atoms with Crippen LogP contribution in [0.1, 0.15) is 54.0 Å². The topological polar surface area (TPSA) is 49.7 Å². The van der Waals surface area contributed by atoms with Gasteiger partial charge in [-0.15, -0.1) is 0 Å². The molecule has 1 atom stereocenters. The van der Waals surface area contributed by atoms with Crippen molar-refractivity contribution in [1.29, 1.82) is 0 Å². The Kier molecular flexibility index (Phi) is 4.77. The summed E-state index contributed by atoms with van der Waals surface area (Å²) in [5.41, 5.74) is 5.48. The molecule has 1 saturated carbocycles. The van der Waals surface area contributed by atoms with Gasteiger partial charge in [0.2, 0.25) is 0 Å². The average molecular weight is 375 g/mol. The second-order valence-electron chi connectivity index (χ2n) is 7.63. The van der Waals surface area contributed by atoms with Crippen molar-refractivity contribution < 1.29 is 14.3 Å². The Labute approximate surface area is 164 Å². The van der Waals surface area contributed by atoms with Crippen LogP contribution in [0.5, 0.6) is 0 Å². The van der Waals surface area contributed by atoms with Gasteiger partial charge in [-0.3, -0.25) is 9.79 Å². The Bertz CT molecular complexity index is 1020. The smallest absolute Gasteiger partial charge is 0.307 e. The number of carboxylic acid groups (broad SMARTS) is 1. The Morgan fingerprint density at radius 1 is 1.29 bits per heavy atom. The van der Waals surface area contributed by atoms with Crippen molar-refractivity contribution in [3.05, 3.63) is 70.0 Å². The van der Waals surface area contributed by atoms with Crippen LogP contribution in [-0.2, 0) is 16.6 Å². The minimum Gasteiger partial charge on any atom is -0.481 e. The zero-order valence-corrected chi connectivity index (χ0v) is 15.8. The summed E-state index contributed by atoms with van der Waals surface area (Å²) >= 11 is 0. The van der Waals surface area contributed by atoms with Crippen LogP contribution in [0.2, 0.25) is 0 Å². The van der Waals surface area contributed by atoms with Gasteiger partial charge in [0.05, 0.1) is 13.0 Å². The summed E-state index contributed by atoms with van der Waals surface area (Å²) in [6, 6.07) is 11.2. The molecule has 0 radical (unpaired) electrons. The first-order valence-corrected chi connectivity index (χ1v) is 9.68. The Morgan fingerprint density at radius 2 is 2.11 bits per heavy atom. The number of aliphatic imine (C=N–C) groups is 1. The first kappa shape index (κ1) is 18.4. The summed E-state index contributed by atoms with van der Waals surface area (Å²) in [5.74, 6) is 4.86. The zero-order chi connectivity index (χ0) is 19.7. The van der Waals surface area contributed by atoms with Crippen LogP contribution < -0.4 is 0 Å². The number of rotatable bonds is 3. The number of carboxylic acids is 1. The summed E-state index contributed by atoms with van der Waals surface area (Å²) < 4.78 is 13.4. The SMILES string of the molecule is CCC12CN=Cc3ccc1cc32.O=C(O)Cc1ccc(C#CC2CC2)cc1F. The van der Waals surface area contributed by atoms with Crippen molar-refractivity contribution in [2.24, 2.45) is 10.9 Å². The largest absolute Gasteiger partial charge is 0.481 e. The van der Waals surface area contributed by atoms with Crippen LogP contribution in [0.15, 0.2) is 41.4 Å². The van der Waals surface area contributed by atoms with Crippen LogP contribution in [0, 0.1) is 23.6 Å². The van der Waals surface area contributed by atoms with E-state index >= 15 is 0 Å². The number of hydrogen-bond donors (Lipinski definition) is 1. The van der Waals surface area contributed by atoms with Crippen molar-refractivity contribution in [2.45, 2.75) is 38.0 Å². The molecule has 1 N–H and O–H groups in total. The Morgan fingerprint density at radius 3 is 2.71 bits per heavy atom. The van der Waals surface area contributed by atoms with E-state index in [0.29, 0.717) is 16.9 Å². The number of carbonyl (C=O) groups is 1. The van der Waals surface area contributed by atoms with Crippen LogP contribution in [0.4, 0.5) is 4.39 Å². The first-order valence-electron chi connectivity index (χ1n) is 9.68. The predicted molar refractivity (Wildman–Crippen MR) is 107 cm³/mol. The molecule has 1 aliphatic heterocycles. The molecule has 1 unspecified atom stereocenters. The minimum atomic E-state index is -1.03. The molecule has 0 spiro atoms. The number of nitrogens with zero attached hydrogens (tertiary/aromatic N) is 1. The molecular formula is C24H22FNO2. The van der Waals surface area contributed by atoms with Crippen LogP contribution in [0.3, 0.4) is 0 Å². The normalized spacial score (nSPS) is 20.2. The van der Waals surface area contributed by atoms with Crippen LogP contribution >= 0.6 is 0 Å². The summed E-state index contributed by atoms with van der Waals surface area (Å²) in [7, 11) is 0. The van der Waals surface area contributed by atoms with Gasteiger partial charge < -0.3 is 5.11 Å². The van der Waals surface area contributed by atoms with E-state index in [-0.39, 0.29) is 12.0 Å². The average Bonchev–Trinajstić information content (AvgIpc) is 3.49. The van der Waals surface area contributed by atoms with Crippen molar-refractivity contribution in [3.63, 3.8) is 0 Å². The van der Waals surface area contributed by atoms with Gasteiger partial charge in [-0.05, 0) is 53.6 Å². The summed E-state index contributed by atoms with van der Waals surface area (Å²) in [5, 5.41) is 8.55. The molecular weight excluding hydrogens is 353 g/mol. The van der Waals surface area contributed by atoms with Gasteiger partial charge in [0.1, 0.15) is 5.82 Å². The highest BCUT2D eigenvalue weighted by molar-refractivity contribution is 5.87. The number of hydrogen-bond acceptors (Lipinski definition) is 2. The molecule has 0 amide bonds. The molecule has 1 fully saturated rings. The van der Waals surface area contributed by atoms with Gasteiger partial charge in [0.25, 0.3) is 0 Å². The molecule has 4 aliphatic rings. The Hall–Kier alpha value is -2.93. The lowest BCUT2D eigenvalue weighted by atomic mass is 9.61. The fourth-order valence-corrected chi connectivity index (χ4v) is 3.79. The summed E-state index contributed by atoms with van der Waals surface area (Å²) in [4.78, 5) is 14.8. The van der Waals surface area contributed by atoms with Gasteiger partial charge in [-0.2, -0.15) is 0 Å². The van der Waals surface area contributed by atoms with Crippen molar-refractivity contribution in [3.8, 4) is 11.8 Å². The van der Waals surface area contributed by atoms with E-state index in [9.17, 15) is 9.18 Å². The molecule has 4 bridgehead atoms. The van der Waals surface area contributed by atoms with E-state index in [1.165, 1.54) is 35.2 Å². The number of aliphatic carboxylic acids is 1. The second-order valence-corrected chi connectivity index (χ2v) is 7.63. The van der Waals surface area contributed by atoms with Gasteiger partial charge in [0, 0.05) is 23.1 Å². The lowest BCUT2D eigenvalue weighted by Crippen LogP contribution is -2.40. The van der Waals surface area contributed by atoms with Crippen molar-refractivity contribution in [2.75, 3.05) is 6.54 Å². The third-order valence-corrected chi connectivity index (χ3v) is 5.71. The lowest BCUT2D eigenvalue weighted by molar-refractivity contribution is -0.136. The molecule has 28 heavy (non-hydrogen) atoms. The maximum Gasteiger partial charge on any atom is 0.307 e. The highest BCUT2D eigenvalue weighted by Crippen LogP contribution is 2.47. The van der Waals surface area contributed by atoms with E-state index in [1.807, 2.05) is 6.21 Å². The molecule has 0 saturated heterocycles. The molecule has 3 aliphatic carbocycles. The maximum atomic E-state index is 13.4. The molecule has 2 aromatic carbocycles. The number of benzene rings is 2. The predicted octanol–water partition coefficient (Wildman–Crippen LogP) is 4.34. The lowest BCUT2D eigenvalue weighted by Gasteiger charge is -2.43. The van der Waals surface area contributed by atoms with E-state index in [1.54, 1.807) is 6.07 Å². The zero-order valence-electron chi connectivity index (χ0n) is 15.8. The quantitative estimate of drug-likeness (QED) is 0.811. The fraction of sp³-hybridized carbons (Fsp3) is 0.333. The summed E-state index contributed by atoms with van der Waals surface area (Å²) in [6.07, 6.45) is 5.17. The van der Waals surface area contributed by atoms with Crippen LogP contribution in [0.25, 0.3) is 0 Å². The van der Waals surface area contributed by atoms with Gasteiger partial charge in [0.15, 0.2) is 0 Å². The highest BCUT2D eigenvalue weighted by Gasteiger charge is 2.42. The van der Waals surface area contributed by atoms with Crippen molar-refractivity contribution in [1.82, 2.24) is 0 Å². The van der Waals surface area contributed by atoms with Crippen LogP contribution in [-0.4, -0.2) is 23.8 Å². The highest BCUT2D eigenvalue weighted by atomic mass is 19.1. The first-order chi connectivity index (χ1) is 13.5.